The van der Waals surface area contributed by atoms with Crippen LogP contribution in [0, 0.1) is 22.9 Å². The van der Waals surface area contributed by atoms with Gasteiger partial charge in [0.15, 0.2) is 0 Å². The number of nitrogens with zero attached hydrogens (tertiary/aromatic N) is 3. The zero-order valence-electron chi connectivity index (χ0n) is 10.6. The molecule has 20 heavy (non-hydrogen) atoms. The Hall–Kier alpha value is -2.77. The van der Waals surface area contributed by atoms with Crippen LogP contribution in [0.2, 0.25) is 0 Å². The average molecular weight is 277 g/mol. The zero-order valence-corrected chi connectivity index (χ0v) is 10.6. The van der Waals surface area contributed by atoms with Crippen molar-refractivity contribution >= 4 is 17.5 Å². The number of nitro groups is 1. The summed E-state index contributed by atoms with van der Waals surface area (Å²) in [5.74, 6) is -0.506. The first kappa shape index (κ1) is 13.7. The van der Waals surface area contributed by atoms with Crippen molar-refractivity contribution in [1.82, 2.24) is 9.97 Å². The van der Waals surface area contributed by atoms with E-state index < -0.39 is 10.7 Å². The Kier molecular flexibility index (Phi) is 3.74. The van der Waals surface area contributed by atoms with Gasteiger partial charge in [0.2, 0.25) is 11.8 Å². The number of aryl methyl sites for hydroxylation is 1. The van der Waals surface area contributed by atoms with Crippen LogP contribution in [0.15, 0.2) is 24.3 Å². The largest absolute Gasteiger partial charge is 0.368 e. The van der Waals surface area contributed by atoms with E-state index in [0.29, 0.717) is 5.56 Å². The van der Waals surface area contributed by atoms with Crippen LogP contribution in [0.5, 0.6) is 0 Å². The summed E-state index contributed by atoms with van der Waals surface area (Å²) in [6.45, 7) is 1.52. The van der Waals surface area contributed by atoms with E-state index >= 15 is 0 Å². The fourth-order valence-corrected chi connectivity index (χ4v) is 1.75. The highest BCUT2D eigenvalue weighted by Crippen LogP contribution is 2.26. The molecule has 0 amide bonds. The lowest BCUT2D eigenvalue weighted by atomic mass is 10.2. The molecule has 1 aromatic heterocycles. The smallest absolute Gasteiger partial charge is 0.332 e. The van der Waals surface area contributed by atoms with Crippen molar-refractivity contribution < 1.29 is 9.31 Å². The number of benzene rings is 1. The predicted octanol–water partition coefficient (Wildman–Crippen LogP) is 2.03. The van der Waals surface area contributed by atoms with Gasteiger partial charge in [-0.25, -0.2) is 9.37 Å². The quantitative estimate of drug-likeness (QED) is 0.654. The lowest BCUT2D eigenvalue weighted by molar-refractivity contribution is -0.385. The Morgan fingerprint density at radius 1 is 1.40 bits per heavy atom. The molecule has 104 valence electrons. The highest BCUT2D eigenvalue weighted by atomic mass is 19.1. The summed E-state index contributed by atoms with van der Waals surface area (Å²) in [5, 5.41) is 13.7. The summed E-state index contributed by atoms with van der Waals surface area (Å²) < 4.78 is 13.5. The molecule has 0 aliphatic rings. The van der Waals surface area contributed by atoms with Crippen molar-refractivity contribution in [1.29, 1.82) is 0 Å². The lowest BCUT2D eigenvalue weighted by Gasteiger charge is -2.08. The van der Waals surface area contributed by atoms with Crippen LogP contribution in [0.3, 0.4) is 0 Å². The van der Waals surface area contributed by atoms with Gasteiger partial charge in [-0.05, 0) is 13.0 Å². The van der Waals surface area contributed by atoms with Crippen molar-refractivity contribution in [2.45, 2.75) is 13.5 Å². The van der Waals surface area contributed by atoms with Crippen LogP contribution in [0.1, 0.15) is 11.3 Å². The number of nitrogen functional groups attached to an aromatic ring is 1. The van der Waals surface area contributed by atoms with E-state index in [1.165, 1.54) is 13.0 Å². The van der Waals surface area contributed by atoms with Gasteiger partial charge in [-0.2, -0.15) is 4.98 Å². The third kappa shape index (κ3) is 2.79. The molecule has 0 atom stereocenters. The molecule has 0 saturated carbocycles. The third-order valence-electron chi connectivity index (χ3n) is 2.66. The first-order valence-corrected chi connectivity index (χ1v) is 5.75. The maximum Gasteiger partial charge on any atom is 0.332 e. The molecule has 0 aliphatic carbocycles. The third-order valence-corrected chi connectivity index (χ3v) is 2.66. The molecule has 2 rings (SSSR count). The molecule has 0 fully saturated rings. The summed E-state index contributed by atoms with van der Waals surface area (Å²) in [6, 6.07) is 6.12. The Balaban J connectivity index is 2.30. The van der Waals surface area contributed by atoms with Crippen molar-refractivity contribution in [3.8, 4) is 0 Å². The first-order valence-electron chi connectivity index (χ1n) is 5.75. The maximum atomic E-state index is 13.5. The Morgan fingerprint density at radius 2 is 2.10 bits per heavy atom. The van der Waals surface area contributed by atoms with E-state index in [1.54, 1.807) is 18.2 Å². The monoisotopic (exact) mass is 277 g/mol. The van der Waals surface area contributed by atoms with Crippen LogP contribution < -0.4 is 11.1 Å². The van der Waals surface area contributed by atoms with E-state index in [1.807, 2.05) is 0 Å². The van der Waals surface area contributed by atoms with Gasteiger partial charge in [-0.1, -0.05) is 18.2 Å². The van der Waals surface area contributed by atoms with Gasteiger partial charge >= 0.3 is 5.69 Å². The normalized spacial score (nSPS) is 10.3. The summed E-state index contributed by atoms with van der Waals surface area (Å²) in [4.78, 5) is 17.9. The van der Waals surface area contributed by atoms with Gasteiger partial charge in [-0.15, -0.1) is 0 Å². The van der Waals surface area contributed by atoms with Gasteiger partial charge in [0, 0.05) is 12.1 Å². The minimum Gasteiger partial charge on any atom is -0.368 e. The van der Waals surface area contributed by atoms with Gasteiger partial charge in [-0.3, -0.25) is 10.1 Å². The average Bonchev–Trinajstić information content (AvgIpc) is 2.36. The second kappa shape index (κ2) is 5.47. The molecule has 1 heterocycles. The Labute approximate surface area is 113 Å². The SMILES string of the molecule is Cc1nc(N)nc(NCc2ccccc2F)c1[N+](=O)[O-]. The second-order valence-corrected chi connectivity index (χ2v) is 4.07. The van der Waals surface area contributed by atoms with E-state index in [9.17, 15) is 14.5 Å². The van der Waals surface area contributed by atoms with E-state index in [-0.39, 0.29) is 29.7 Å². The number of hydrogen-bond acceptors (Lipinski definition) is 6. The number of aromatic nitrogens is 2. The molecule has 0 saturated heterocycles. The van der Waals surface area contributed by atoms with Crippen molar-refractivity contribution in [3.63, 3.8) is 0 Å². The number of anilines is 2. The zero-order chi connectivity index (χ0) is 14.7. The molecule has 1 aromatic carbocycles. The summed E-state index contributed by atoms with van der Waals surface area (Å²) in [5.41, 5.74) is 5.72. The Morgan fingerprint density at radius 3 is 2.75 bits per heavy atom. The molecular weight excluding hydrogens is 265 g/mol. The topological polar surface area (TPSA) is 107 Å². The predicted molar refractivity (Wildman–Crippen MR) is 71.6 cm³/mol. The lowest BCUT2D eigenvalue weighted by Crippen LogP contribution is -2.10. The fourth-order valence-electron chi connectivity index (χ4n) is 1.75. The molecule has 7 nitrogen and oxygen atoms in total. The minimum absolute atomic E-state index is 0.0248. The van der Waals surface area contributed by atoms with Crippen LogP contribution in [0.4, 0.5) is 21.8 Å². The van der Waals surface area contributed by atoms with Crippen molar-refractivity contribution in [2.24, 2.45) is 0 Å². The fraction of sp³-hybridized carbons (Fsp3) is 0.167. The van der Waals surface area contributed by atoms with Gasteiger partial charge in [0.05, 0.1) is 4.92 Å². The second-order valence-electron chi connectivity index (χ2n) is 4.07. The van der Waals surface area contributed by atoms with Crippen LogP contribution >= 0.6 is 0 Å². The molecule has 3 N–H and O–H groups in total. The molecule has 8 heteroatoms. The van der Waals surface area contributed by atoms with Gasteiger partial charge < -0.3 is 11.1 Å². The summed E-state index contributed by atoms with van der Waals surface area (Å²) in [6.07, 6.45) is 0. The molecule has 0 unspecified atom stereocenters. The highest BCUT2D eigenvalue weighted by Gasteiger charge is 2.21. The summed E-state index contributed by atoms with van der Waals surface area (Å²) in [7, 11) is 0. The number of rotatable bonds is 4. The number of hydrogen-bond donors (Lipinski definition) is 2. The number of halogens is 1. The summed E-state index contributed by atoms with van der Waals surface area (Å²) >= 11 is 0. The Bertz CT molecular complexity index is 662. The minimum atomic E-state index is -0.599. The van der Waals surface area contributed by atoms with E-state index in [2.05, 4.69) is 15.3 Å². The molecule has 2 aromatic rings. The molecule has 0 radical (unpaired) electrons. The first-order chi connectivity index (χ1) is 9.49. The van der Waals surface area contributed by atoms with Gasteiger partial charge in [0.25, 0.3) is 0 Å². The van der Waals surface area contributed by atoms with E-state index in [0.717, 1.165) is 0 Å². The maximum absolute atomic E-state index is 13.5. The number of nitrogens with one attached hydrogen (secondary N) is 1. The molecule has 0 bridgehead atoms. The van der Waals surface area contributed by atoms with Crippen molar-refractivity contribution in [3.05, 3.63) is 51.5 Å². The standard InChI is InChI=1S/C12H12FN5O2/c1-7-10(18(19)20)11(17-12(14)16-7)15-6-8-4-2-3-5-9(8)13/h2-5H,6H2,1H3,(H3,14,15,16,17). The van der Waals surface area contributed by atoms with Crippen molar-refractivity contribution in [2.75, 3.05) is 11.1 Å². The van der Waals surface area contributed by atoms with Gasteiger partial charge in [0.1, 0.15) is 11.5 Å². The number of nitrogens with two attached hydrogens (primary N) is 1. The van der Waals surface area contributed by atoms with Crippen LogP contribution in [-0.4, -0.2) is 14.9 Å². The molecular formula is C12H12FN5O2. The van der Waals surface area contributed by atoms with E-state index in [4.69, 9.17) is 5.73 Å². The van der Waals surface area contributed by atoms with Crippen LogP contribution in [0.25, 0.3) is 0 Å². The highest BCUT2D eigenvalue weighted by molar-refractivity contribution is 5.60. The molecule has 0 aliphatic heterocycles. The van der Waals surface area contributed by atoms with Crippen LogP contribution in [-0.2, 0) is 6.54 Å². The molecule has 0 spiro atoms.